The molecule has 0 fully saturated rings. The van der Waals surface area contributed by atoms with Crippen LogP contribution in [0.25, 0.3) is 0 Å². The SMILES string of the molecule is CC(C)(OC(=O)C(F)(F)F)C(=O)c1ccc(Cc2ccc(C(=O)C(C)(C)OC(=O)C(F)(F)F)cc2)cc1. The van der Waals surface area contributed by atoms with E-state index in [1.54, 1.807) is 0 Å². The largest absolute Gasteiger partial charge is 0.490 e. The van der Waals surface area contributed by atoms with Gasteiger partial charge < -0.3 is 9.47 Å². The Balaban J connectivity index is 2.08. The lowest BCUT2D eigenvalue weighted by Crippen LogP contribution is -2.41. The van der Waals surface area contributed by atoms with E-state index in [0.29, 0.717) is 17.5 Å². The zero-order valence-corrected chi connectivity index (χ0v) is 20.0. The molecule has 0 aliphatic carbocycles. The Hall–Kier alpha value is -3.70. The van der Waals surface area contributed by atoms with Gasteiger partial charge in [-0.25, -0.2) is 9.59 Å². The summed E-state index contributed by atoms with van der Waals surface area (Å²) in [6.07, 6.45) is -10.2. The maximum absolute atomic E-state index is 12.5. The molecule has 0 bridgehead atoms. The van der Waals surface area contributed by atoms with E-state index in [-0.39, 0.29) is 11.1 Å². The first-order chi connectivity index (χ1) is 16.7. The average Bonchev–Trinajstić information content (AvgIpc) is 2.77. The molecule has 0 atom stereocenters. The molecule has 0 spiro atoms. The van der Waals surface area contributed by atoms with Gasteiger partial charge in [-0.15, -0.1) is 0 Å². The van der Waals surface area contributed by atoms with Crippen LogP contribution < -0.4 is 0 Å². The van der Waals surface area contributed by atoms with Crippen molar-refractivity contribution < 1.29 is 55.0 Å². The van der Waals surface area contributed by atoms with Gasteiger partial charge in [0.1, 0.15) is 0 Å². The molecular weight excluding hydrogens is 510 g/mol. The van der Waals surface area contributed by atoms with Gasteiger partial charge in [-0.2, -0.15) is 26.3 Å². The summed E-state index contributed by atoms with van der Waals surface area (Å²) in [5.74, 6) is -6.64. The number of carbonyl (C=O) groups excluding carboxylic acids is 4. The fourth-order valence-corrected chi connectivity index (χ4v) is 3.15. The Kier molecular flexibility index (Phi) is 8.26. The van der Waals surface area contributed by atoms with Gasteiger partial charge in [-0.3, -0.25) is 9.59 Å². The van der Waals surface area contributed by atoms with Gasteiger partial charge in [0.05, 0.1) is 0 Å². The zero-order chi connectivity index (χ0) is 28.4. The lowest BCUT2D eigenvalue weighted by Gasteiger charge is -2.24. The number of ether oxygens (including phenoxy) is 2. The van der Waals surface area contributed by atoms with Crippen LogP contribution >= 0.6 is 0 Å². The van der Waals surface area contributed by atoms with E-state index in [0.717, 1.165) is 27.7 Å². The fourth-order valence-electron chi connectivity index (χ4n) is 3.15. The van der Waals surface area contributed by atoms with Crippen molar-refractivity contribution in [2.24, 2.45) is 0 Å². The van der Waals surface area contributed by atoms with Gasteiger partial charge in [-0.1, -0.05) is 48.5 Å². The maximum atomic E-state index is 12.5. The highest BCUT2D eigenvalue weighted by molar-refractivity contribution is 6.03. The second kappa shape index (κ2) is 10.3. The summed E-state index contributed by atoms with van der Waals surface area (Å²) in [5, 5.41) is 0. The number of alkyl halides is 6. The standard InChI is InChI=1S/C25H22F6O6/c1-22(2,36-20(34)24(26,27)28)18(32)16-9-5-14(6-10-16)13-15-7-11-17(12-8-15)19(33)23(3,4)37-21(35)25(29,30)31/h5-12H,13H2,1-4H3. The van der Waals surface area contributed by atoms with E-state index < -0.39 is 47.1 Å². The Bertz CT molecular complexity index is 1080. The molecule has 0 heterocycles. The Morgan fingerprint density at radius 2 is 0.838 bits per heavy atom. The summed E-state index contributed by atoms with van der Waals surface area (Å²) in [6, 6.07) is 11.6. The third-order valence-electron chi connectivity index (χ3n) is 5.09. The van der Waals surface area contributed by atoms with Crippen molar-refractivity contribution >= 4 is 23.5 Å². The topological polar surface area (TPSA) is 86.7 Å². The molecule has 2 aromatic carbocycles. The molecule has 6 nitrogen and oxygen atoms in total. The lowest BCUT2D eigenvalue weighted by molar-refractivity contribution is -0.208. The van der Waals surface area contributed by atoms with E-state index in [1.807, 2.05) is 0 Å². The quantitative estimate of drug-likeness (QED) is 0.257. The van der Waals surface area contributed by atoms with Crippen LogP contribution in [0.5, 0.6) is 0 Å². The highest BCUT2D eigenvalue weighted by Gasteiger charge is 2.47. The monoisotopic (exact) mass is 532 g/mol. The molecule has 12 heteroatoms. The maximum Gasteiger partial charge on any atom is 0.490 e. The molecule has 2 aromatic rings. The van der Waals surface area contributed by atoms with E-state index in [9.17, 15) is 45.5 Å². The van der Waals surface area contributed by atoms with Crippen molar-refractivity contribution in [3.63, 3.8) is 0 Å². The molecule has 2 rings (SSSR count). The summed E-state index contributed by atoms with van der Waals surface area (Å²) >= 11 is 0. The number of esters is 2. The minimum Gasteiger partial charge on any atom is -0.445 e. The smallest absolute Gasteiger partial charge is 0.445 e. The first kappa shape index (κ1) is 29.5. The van der Waals surface area contributed by atoms with Crippen molar-refractivity contribution in [2.45, 2.75) is 57.7 Å². The third-order valence-corrected chi connectivity index (χ3v) is 5.09. The zero-order valence-electron chi connectivity index (χ0n) is 20.0. The van der Waals surface area contributed by atoms with E-state index in [4.69, 9.17) is 0 Å². The van der Waals surface area contributed by atoms with Crippen LogP contribution in [-0.4, -0.2) is 47.1 Å². The number of carbonyl (C=O) groups is 4. The number of rotatable bonds is 8. The summed E-state index contributed by atoms with van der Waals surface area (Å²) in [4.78, 5) is 47.3. The molecular formula is C25H22F6O6. The number of hydrogen-bond acceptors (Lipinski definition) is 6. The summed E-state index contributed by atoms with van der Waals surface area (Å²) in [5.41, 5.74) is -2.72. The molecule has 200 valence electrons. The summed E-state index contributed by atoms with van der Waals surface area (Å²) < 4.78 is 83.4. The number of hydrogen-bond donors (Lipinski definition) is 0. The average molecular weight is 532 g/mol. The van der Waals surface area contributed by atoms with Gasteiger partial charge in [0.15, 0.2) is 11.2 Å². The van der Waals surface area contributed by atoms with E-state index in [2.05, 4.69) is 9.47 Å². The first-order valence-corrected chi connectivity index (χ1v) is 10.6. The summed E-state index contributed by atoms with van der Waals surface area (Å²) in [7, 11) is 0. The van der Waals surface area contributed by atoms with Crippen LogP contribution in [0.3, 0.4) is 0 Å². The highest BCUT2D eigenvalue weighted by Crippen LogP contribution is 2.26. The Labute approximate surface area is 207 Å². The molecule has 0 aromatic heterocycles. The van der Waals surface area contributed by atoms with E-state index >= 15 is 0 Å². The number of Topliss-reactive ketones (excluding diaryl/α,β-unsaturated/α-hetero) is 2. The Morgan fingerprint density at radius 1 is 0.568 bits per heavy atom. The van der Waals surface area contributed by atoms with Crippen molar-refractivity contribution in [3.8, 4) is 0 Å². The molecule has 37 heavy (non-hydrogen) atoms. The molecule has 0 aliphatic heterocycles. The van der Waals surface area contributed by atoms with Crippen LogP contribution in [0.2, 0.25) is 0 Å². The normalized spacial score (nSPS) is 12.6. The second-order valence-corrected chi connectivity index (χ2v) is 9.02. The van der Waals surface area contributed by atoms with Crippen molar-refractivity contribution in [2.75, 3.05) is 0 Å². The van der Waals surface area contributed by atoms with Crippen LogP contribution in [-0.2, 0) is 25.5 Å². The first-order valence-electron chi connectivity index (χ1n) is 10.6. The highest BCUT2D eigenvalue weighted by atomic mass is 19.4. The van der Waals surface area contributed by atoms with Gasteiger partial charge in [-0.05, 0) is 45.2 Å². The Morgan fingerprint density at radius 3 is 1.08 bits per heavy atom. The number of ketones is 2. The van der Waals surface area contributed by atoms with Crippen molar-refractivity contribution in [1.29, 1.82) is 0 Å². The lowest BCUT2D eigenvalue weighted by atomic mass is 9.93. The minimum absolute atomic E-state index is 0.0142. The third kappa shape index (κ3) is 7.64. The van der Waals surface area contributed by atoms with Crippen LogP contribution in [0.15, 0.2) is 48.5 Å². The minimum atomic E-state index is -5.25. The van der Waals surface area contributed by atoms with Crippen LogP contribution in [0.1, 0.15) is 59.5 Å². The van der Waals surface area contributed by atoms with Gasteiger partial charge in [0.25, 0.3) is 0 Å². The van der Waals surface area contributed by atoms with Gasteiger partial charge in [0, 0.05) is 11.1 Å². The van der Waals surface area contributed by atoms with Crippen LogP contribution in [0, 0.1) is 0 Å². The van der Waals surface area contributed by atoms with Crippen molar-refractivity contribution in [1.82, 2.24) is 0 Å². The molecule has 0 radical (unpaired) electrons. The number of benzene rings is 2. The fraction of sp³-hybridized carbons (Fsp3) is 0.360. The van der Waals surface area contributed by atoms with E-state index in [1.165, 1.54) is 48.5 Å². The molecule has 0 saturated heterocycles. The molecule has 0 amide bonds. The van der Waals surface area contributed by atoms with Crippen molar-refractivity contribution in [3.05, 3.63) is 70.8 Å². The van der Waals surface area contributed by atoms with Gasteiger partial charge >= 0.3 is 24.3 Å². The predicted molar refractivity (Wildman–Crippen MR) is 117 cm³/mol. The summed E-state index contributed by atoms with van der Waals surface area (Å²) in [6.45, 7) is 4.17. The number of halogens is 6. The second-order valence-electron chi connectivity index (χ2n) is 9.02. The molecule has 0 N–H and O–H groups in total. The molecule has 0 aliphatic rings. The molecule has 0 saturated carbocycles. The van der Waals surface area contributed by atoms with Crippen LogP contribution in [0.4, 0.5) is 26.3 Å². The van der Waals surface area contributed by atoms with Gasteiger partial charge in [0.2, 0.25) is 11.6 Å². The molecule has 0 unspecified atom stereocenters. The predicted octanol–water partition coefficient (Wildman–Crippen LogP) is 5.41.